The largest absolute Gasteiger partial charge is 0.396 e. The highest BCUT2D eigenvalue weighted by Gasteiger charge is 2.29. The van der Waals surface area contributed by atoms with Crippen molar-refractivity contribution in [2.45, 2.75) is 24.3 Å². The van der Waals surface area contributed by atoms with E-state index in [0.29, 0.717) is 28.2 Å². The summed E-state index contributed by atoms with van der Waals surface area (Å²) < 4.78 is 24.1. The summed E-state index contributed by atoms with van der Waals surface area (Å²) in [6.07, 6.45) is 2.01. The third-order valence-corrected chi connectivity index (χ3v) is 5.54. The molecule has 0 unspecified atom stereocenters. The lowest BCUT2D eigenvalue weighted by Crippen LogP contribution is -2.20. The number of fused-ring (bicyclic) bond motifs is 3. The minimum atomic E-state index is -3.21. The first-order valence-corrected chi connectivity index (χ1v) is 8.39. The maximum absolute atomic E-state index is 12.1. The maximum atomic E-state index is 12.1. The number of aromatic nitrogens is 1. The number of aryl methyl sites for hydroxylation is 1. The number of rotatable bonds is 3. The summed E-state index contributed by atoms with van der Waals surface area (Å²) >= 11 is 0. The summed E-state index contributed by atoms with van der Waals surface area (Å²) in [6.45, 7) is 1.78. The fourth-order valence-corrected chi connectivity index (χ4v) is 4.23. The Kier molecular flexibility index (Phi) is 3.26. The number of nitrogen functional groups attached to an aromatic ring is 1. The van der Waals surface area contributed by atoms with Gasteiger partial charge >= 0.3 is 0 Å². The molecule has 0 aliphatic carbocycles. The molecule has 112 valence electrons. The van der Waals surface area contributed by atoms with E-state index in [0.717, 1.165) is 10.9 Å². The van der Waals surface area contributed by atoms with Crippen molar-refractivity contribution in [3.63, 3.8) is 0 Å². The van der Waals surface area contributed by atoms with E-state index >= 15 is 0 Å². The van der Waals surface area contributed by atoms with Crippen LogP contribution in [0.15, 0.2) is 23.2 Å². The molecule has 7 heteroatoms. The number of aliphatic hydroxyl groups is 1. The average molecular weight is 307 g/mol. The Balaban J connectivity index is 2.31. The van der Waals surface area contributed by atoms with Gasteiger partial charge in [-0.3, -0.25) is 4.98 Å². The molecule has 1 atom stereocenters. The number of nitrogens with one attached hydrogen (secondary N) is 1. The van der Waals surface area contributed by atoms with Gasteiger partial charge in [0.25, 0.3) is 0 Å². The van der Waals surface area contributed by atoms with E-state index < -0.39 is 9.84 Å². The number of sulfone groups is 1. The molecule has 2 heterocycles. The standard InChI is InChI=1S/C14H17N3O3S/c1-8(7-18)17-14-10(15)6-16-11-2-3-12-9(13(11)14)4-5-21(12,19)20/h2-3,6,8,18H,4-5,7,15H2,1H3,(H,16,17)/t8-/m0/s1. The van der Waals surface area contributed by atoms with Crippen LogP contribution in [-0.4, -0.2) is 36.9 Å². The Morgan fingerprint density at radius 3 is 2.95 bits per heavy atom. The zero-order valence-electron chi connectivity index (χ0n) is 11.6. The number of nitrogens with zero attached hydrogens (tertiary/aromatic N) is 1. The second-order valence-corrected chi connectivity index (χ2v) is 7.40. The van der Waals surface area contributed by atoms with Crippen LogP contribution in [0.4, 0.5) is 11.4 Å². The first-order chi connectivity index (χ1) is 9.94. The van der Waals surface area contributed by atoms with Crippen LogP contribution in [0.5, 0.6) is 0 Å². The van der Waals surface area contributed by atoms with Gasteiger partial charge in [-0.15, -0.1) is 0 Å². The van der Waals surface area contributed by atoms with Crippen LogP contribution in [-0.2, 0) is 16.3 Å². The SMILES string of the molecule is C[C@@H](CO)Nc1c(N)cnc2ccc3c(c12)CCS3(=O)=O. The number of anilines is 2. The number of benzene rings is 1. The molecular formula is C14H17N3O3S. The average Bonchev–Trinajstić information content (AvgIpc) is 2.77. The zero-order valence-corrected chi connectivity index (χ0v) is 12.4. The Bertz CT molecular complexity index is 818. The molecule has 1 aliphatic heterocycles. The molecular weight excluding hydrogens is 290 g/mol. The van der Waals surface area contributed by atoms with Gasteiger partial charge in [0, 0.05) is 11.4 Å². The Hall–Kier alpha value is -1.86. The molecule has 0 spiro atoms. The summed E-state index contributed by atoms with van der Waals surface area (Å²) in [5.41, 5.74) is 8.55. The predicted molar refractivity (Wildman–Crippen MR) is 82.1 cm³/mol. The van der Waals surface area contributed by atoms with E-state index in [9.17, 15) is 13.5 Å². The monoisotopic (exact) mass is 307 g/mol. The molecule has 1 aromatic heterocycles. The minimum Gasteiger partial charge on any atom is -0.396 e. The quantitative estimate of drug-likeness (QED) is 0.779. The normalized spacial score (nSPS) is 17.6. The highest BCUT2D eigenvalue weighted by Crippen LogP contribution is 2.38. The van der Waals surface area contributed by atoms with Crippen molar-refractivity contribution in [2.24, 2.45) is 0 Å². The third-order valence-electron chi connectivity index (χ3n) is 3.75. The van der Waals surface area contributed by atoms with Crippen molar-refractivity contribution in [1.29, 1.82) is 0 Å². The van der Waals surface area contributed by atoms with Crippen molar-refractivity contribution in [1.82, 2.24) is 4.98 Å². The lowest BCUT2D eigenvalue weighted by Gasteiger charge is -2.18. The van der Waals surface area contributed by atoms with Gasteiger partial charge in [-0.25, -0.2) is 8.42 Å². The molecule has 0 bridgehead atoms. The van der Waals surface area contributed by atoms with Crippen LogP contribution in [0.1, 0.15) is 12.5 Å². The van der Waals surface area contributed by atoms with Gasteiger partial charge in [0.2, 0.25) is 0 Å². The van der Waals surface area contributed by atoms with Crippen molar-refractivity contribution >= 4 is 32.1 Å². The van der Waals surface area contributed by atoms with E-state index in [1.807, 2.05) is 6.92 Å². The van der Waals surface area contributed by atoms with Gasteiger partial charge in [0.1, 0.15) is 0 Å². The number of hydrogen-bond donors (Lipinski definition) is 3. The smallest absolute Gasteiger partial charge is 0.179 e. The Labute approximate surface area is 122 Å². The van der Waals surface area contributed by atoms with Crippen molar-refractivity contribution < 1.29 is 13.5 Å². The summed E-state index contributed by atoms with van der Waals surface area (Å²) in [4.78, 5) is 4.64. The van der Waals surface area contributed by atoms with Crippen LogP contribution in [0.25, 0.3) is 10.9 Å². The third kappa shape index (κ3) is 2.22. The van der Waals surface area contributed by atoms with Crippen LogP contribution >= 0.6 is 0 Å². The Morgan fingerprint density at radius 1 is 1.48 bits per heavy atom. The number of aliphatic hydroxyl groups excluding tert-OH is 1. The van der Waals surface area contributed by atoms with Crippen molar-refractivity contribution in [2.75, 3.05) is 23.4 Å². The van der Waals surface area contributed by atoms with E-state index in [1.165, 1.54) is 0 Å². The summed E-state index contributed by atoms with van der Waals surface area (Å²) in [6, 6.07) is 3.13. The van der Waals surface area contributed by atoms with Gasteiger partial charge < -0.3 is 16.2 Å². The summed E-state index contributed by atoms with van der Waals surface area (Å²) in [5.74, 6) is 0.116. The van der Waals surface area contributed by atoms with Crippen LogP contribution in [0.2, 0.25) is 0 Å². The van der Waals surface area contributed by atoms with Gasteiger partial charge in [0.15, 0.2) is 9.84 Å². The first-order valence-electron chi connectivity index (χ1n) is 6.74. The molecule has 3 rings (SSSR count). The minimum absolute atomic E-state index is 0.0451. The van der Waals surface area contributed by atoms with E-state index in [2.05, 4.69) is 10.3 Å². The highest BCUT2D eigenvalue weighted by atomic mass is 32.2. The highest BCUT2D eigenvalue weighted by molar-refractivity contribution is 7.91. The molecule has 0 fully saturated rings. The molecule has 0 saturated carbocycles. The molecule has 0 saturated heterocycles. The Morgan fingerprint density at radius 2 is 2.24 bits per heavy atom. The predicted octanol–water partition coefficient (Wildman–Crippen LogP) is 0.940. The van der Waals surface area contributed by atoms with Crippen LogP contribution < -0.4 is 11.1 Å². The van der Waals surface area contributed by atoms with Crippen LogP contribution in [0.3, 0.4) is 0 Å². The van der Waals surface area contributed by atoms with Crippen molar-refractivity contribution in [3.8, 4) is 0 Å². The number of pyridine rings is 1. The first kappa shape index (κ1) is 14.1. The van der Waals surface area contributed by atoms with Gasteiger partial charge in [0.05, 0.1) is 40.3 Å². The fourth-order valence-electron chi connectivity index (χ4n) is 2.68. The van der Waals surface area contributed by atoms with Gasteiger partial charge in [-0.1, -0.05) is 0 Å². The summed E-state index contributed by atoms with van der Waals surface area (Å²) in [5, 5.41) is 13.1. The maximum Gasteiger partial charge on any atom is 0.179 e. The second-order valence-electron chi connectivity index (χ2n) is 5.32. The number of hydrogen-bond acceptors (Lipinski definition) is 6. The summed E-state index contributed by atoms with van der Waals surface area (Å²) in [7, 11) is -3.21. The molecule has 1 aliphatic rings. The van der Waals surface area contributed by atoms with Gasteiger partial charge in [-0.05, 0) is 31.0 Å². The molecule has 2 aromatic rings. The zero-order chi connectivity index (χ0) is 15.2. The molecule has 0 radical (unpaired) electrons. The van der Waals surface area contributed by atoms with E-state index in [4.69, 9.17) is 5.73 Å². The van der Waals surface area contributed by atoms with Gasteiger partial charge in [-0.2, -0.15) is 0 Å². The molecule has 0 amide bonds. The molecule has 1 aromatic carbocycles. The fraction of sp³-hybridized carbons (Fsp3) is 0.357. The lowest BCUT2D eigenvalue weighted by atomic mass is 10.0. The molecule has 4 N–H and O–H groups in total. The number of nitrogens with two attached hydrogens (primary N) is 1. The van der Waals surface area contributed by atoms with Crippen LogP contribution in [0, 0.1) is 0 Å². The topological polar surface area (TPSA) is 105 Å². The molecule has 6 nitrogen and oxygen atoms in total. The van der Waals surface area contributed by atoms with E-state index in [-0.39, 0.29) is 18.4 Å². The molecule has 21 heavy (non-hydrogen) atoms. The lowest BCUT2D eigenvalue weighted by molar-refractivity contribution is 0.281. The second kappa shape index (κ2) is 4.85. The van der Waals surface area contributed by atoms with E-state index in [1.54, 1.807) is 18.3 Å². The van der Waals surface area contributed by atoms with Crippen molar-refractivity contribution in [3.05, 3.63) is 23.9 Å².